The summed E-state index contributed by atoms with van der Waals surface area (Å²) in [4.78, 5) is 12.6. The van der Waals surface area contributed by atoms with Crippen molar-refractivity contribution in [3.63, 3.8) is 0 Å². The number of rotatable bonds is 4. The summed E-state index contributed by atoms with van der Waals surface area (Å²) in [5.41, 5.74) is 2.79. The fourth-order valence-corrected chi connectivity index (χ4v) is 2.76. The Labute approximate surface area is 149 Å². The van der Waals surface area contributed by atoms with E-state index in [4.69, 9.17) is 11.6 Å². The summed E-state index contributed by atoms with van der Waals surface area (Å²) >= 11 is 6.25. The van der Waals surface area contributed by atoms with E-state index in [0.717, 1.165) is 17.7 Å². The van der Waals surface area contributed by atoms with Gasteiger partial charge >= 0.3 is 0 Å². The molecule has 126 valence electrons. The van der Waals surface area contributed by atoms with Gasteiger partial charge in [-0.25, -0.2) is 8.78 Å². The van der Waals surface area contributed by atoms with Crippen LogP contribution in [-0.2, 0) is 0 Å². The van der Waals surface area contributed by atoms with Crippen molar-refractivity contribution in [3.8, 4) is 0 Å². The Kier molecular flexibility index (Phi) is 4.81. The molecule has 0 aromatic heterocycles. The van der Waals surface area contributed by atoms with Crippen molar-refractivity contribution in [1.82, 2.24) is 0 Å². The van der Waals surface area contributed by atoms with Gasteiger partial charge < -0.3 is 5.32 Å². The molecule has 3 aromatic rings. The number of hydrogen-bond acceptors (Lipinski definition) is 2. The lowest BCUT2D eigenvalue weighted by molar-refractivity contribution is 0.103. The molecule has 0 radical (unpaired) electrons. The highest BCUT2D eigenvalue weighted by molar-refractivity contribution is 6.35. The monoisotopic (exact) mass is 357 g/mol. The smallest absolute Gasteiger partial charge is 0.194 e. The molecule has 2 nitrogen and oxygen atoms in total. The molecule has 0 saturated carbocycles. The number of ketones is 1. The molecule has 0 atom stereocenters. The molecule has 3 aromatic carbocycles. The number of carbonyl (C=O) groups excluding carboxylic acids is 1. The maximum Gasteiger partial charge on any atom is 0.194 e. The molecule has 0 fully saturated rings. The van der Waals surface area contributed by atoms with Crippen LogP contribution in [0.5, 0.6) is 0 Å². The van der Waals surface area contributed by atoms with Gasteiger partial charge in [-0.15, -0.1) is 0 Å². The molecule has 0 saturated heterocycles. The van der Waals surface area contributed by atoms with Crippen molar-refractivity contribution in [3.05, 3.63) is 94.0 Å². The molecule has 0 spiro atoms. The number of carbonyl (C=O) groups is 1. The molecular formula is C20H14ClF2NO. The average molecular weight is 358 g/mol. The van der Waals surface area contributed by atoms with Crippen LogP contribution in [-0.4, -0.2) is 5.78 Å². The molecule has 0 aliphatic heterocycles. The van der Waals surface area contributed by atoms with Crippen LogP contribution in [0.4, 0.5) is 20.2 Å². The highest BCUT2D eigenvalue weighted by Gasteiger charge is 2.15. The molecule has 0 amide bonds. The molecular weight excluding hydrogens is 344 g/mol. The zero-order chi connectivity index (χ0) is 18.0. The van der Waals surface area contributed by atoms with Crippen LogP contribution >= 0.6 is 11.6 Å². The summed E-state index contributed by atoms with van der Waals surface area (Å²) < 4.78 is 26.2. The van der Waals surface area contributed by atoms with Crippen LogP contribution in [0.3, 0.4) is 0 Å². The standard InChI is InChI=1S/C20H14ClF2NO/c1-12-4-2-3-5-15(12)20(25)16-8-6-13(10-17(16)21)24-14-7-9-18(22)19(23)11-14/h2-11,24H,1H3. The first-order chi connectivity index (χ1) is 12.0. The topological polar surface area (TPSA) is 29.1 Å². The maximum atomic E-state index is 13.3. The predicted molar refractivity (Wildman–Crippen MR) is 95.7 cm³/mol. The SMILES string of the molecule is Cc1ccccc1C(=O)c1ccc(Nc2ccc(F)c(F)c2)cc1Cl. The van der Waals surface area contributed by atoms with E-state index in [2.05, 4.69) is 5.32 Å². The summed E-state index contributed by atoms with van der Waals surface area (Å²) in [6.07, 6.45) is 0. The number of halogens is 3. The molecule has 0 heterocycles. The minimum atomic E-state index is -0.942. The Morgan fingerprint density at radius 3 is 2.24 bits per heavy atom. The largest absolute Gasteiger partial charge is 0.355 e. The van der Waals surface area contributed by atoms with E-state index in [9.17, 15) is 13.6 Å². The summed E-state index contributed by atoms with van der Waals surface area (Å²) in [5, 5.41) is 3.21. The summed E-state index contributed by atoms with van der Waals surface area (Å²) in [6, 6.07) is 15.6. The van der Waals surface area contributed by atoms with Gasteiger partial charge in [0.2, 0.25) is 0 Å². The van der Waals surface area contributed by atoms with Crippen LogP contribution < -0.4 is 5.32 Å². The molecule has 0 aliphatic carbocycles. The number of benzene rings is 3. The lowest BCUT2D eigenvalue weighted by atomic mass is 9.99. The average Bonchev–Trinajstić information content (AvgIpc) is 2.58. The van der Waals surface area contributed by atoms with E-state index in [0.29, 0.717) is 22.5 Å². The van der Waals surface area contributed by atoms with Gasteiger partial charge in [-0.3, -0.25) is 4.79 Å². The Morgan fingerprint density at radius 1 is 0.880 bits per heavy atom. The number of hydrogen-bond donors (Lipinski definition) is 1. The van der Waals surface area contributed by atoms with Gasteiger partial charge in [0.1, 0.15) is 0 Å². The van der Waals surface area contributed by atoms with E-state index in [1.807, 2.05) is 19.1 Å². The zero-order valence-corrected chi connectivity index (χ0v) is 14.1. The van der Waals surface area contributed by atoms with E-state index >= 15 is 0 Å². The van der Waals surface area contributed by atoms with Gasteiger partial charge in [-0.1, -0.05) is 35.9 Å². The maximum absolute atomic E-state index is 13.3. The van der Waals surface area contributed by atoms with Crippen molar-refractivity contribution < 1.29 is 13.6 Å². The number of nitrogens with one attached hydrogen (secondary N) is 1. The third-order valence-electron chi connectivity index (χ3n) is 3.81. The van der Waals surface area contributed by atoms with E-state index in [1.165, 1.54) is 6.07 Å². The Bertz CT molecular complexity index is 956. The molecule has 5 heteroatoms. The Hall–Kier alpha value is -2.72. The van der Waals surface area contributed by atoms with Gasteiger partial charge in [0.25, 0.3) is 0 Å². The Morgan fingerprint density at radius 2 is 1.56 bits per heavy atom. The van der Waals surface area contributed by atoms with Gasteiger partial charge in [0.15, 0.2) is 17.4 Å². The minimum absolute atomic E-state index is 0.164. The fourth-order valence-electron chi connectivity index (χ4n) is 2.49. The van der Waals surface area contributed by atoms with Crippen molar-refractivity contribution in [2.24, 2.45) is 0 Å². The van der Waals surface area contributed by atoms with Crippen LogP contribution in [0, 0.1) is 18.6 Å². The van der Waals surface area contributed by atoms with Crippen molar-refractivity contribution in [1.29, 1.82) is 0 Å². The number of aryl methyl sites for hydroxylation is 1. The lowest BCUT2D eigenvalue weighted by Crippen LogP contribution is -2.04. The molecule has 0 unspecified atom stereocenters. The number of anilines is 2. The summed E-state index contributed by atoms with van der Waals surface area (Å²) in [7, 11) is 0. The van der Waals surface area contributed by atoms with Crippen molar-refractivity contribution in [2.45, 2.75) is 6.92 Å². The lowest BCUT2D eigenvalue weighted by Gasteiger charge is -2.10. The van der Waals surface area contributed by atoms with Crippen LogP contribution in [0.1, 0.15) is 21.5 Å². The third kappa shape index (κ3) is 3.69. The first kappa shape index (κ1) is 17.1. The van der Waals surface area contributed by atoms with Crippen LogP contribution in [0.25, 0.3) is 0 Å². The molecule has 0 bridgehead atoms. The third-order valence-corrected chi connectivity index (χ3v) is 4.12. The molecule has 0 aliphatic rings. The molecule has 3 rings (SSSR count). The van der Waals surface area contributed by atoms with Gasteiger partial charge in [-0.2, -0.15) is 0 Å². The highest BCUT2D eigenvalue weighted by Crippen LogP contribution is 2.27. The van der Waals surface area contributed by atoms with Crippen LogP contribution in [0.2, 0.25) is 5.02 Å². The van der Waals surface area contributed by atoms with Gasteiger partial charge in [0, 0.05) is 28.6 Å². The van der Waals surface area contributed by atoms with E-state index < -0.39 is 11.6 Å². The van der Waals surface area contributed by atoms with E-state index in [-0.39, 0.29) is 10.8 Å². The quantitative estimate of drug-likeness (QED) is 0.589. The second-order valence-corrected chi connectivity index (χ2v) is 6.00. The predicted octanol–water partition coefficient (Wildman–Crippen LogP) is 5.90. The second kappa shape index (κ2) is 7.03. The zero-order valence-electron chi connectivity index (χ0n) is 13.3. The van der Waals surface area contributed by atoms with E-state index in [1.54, 1.807) is 30.3 Å². The van der Waals surface area contributed by atoms with Gasteiger partial charge in [0.05, 0.1) is 5.02 Å². The Balaban J connectivity index is 1.87. The highest BCUT2D eigenvalue weighted by atomic mass is 35.5. The summed E-state index contributed by atoms with van der Waals surface area (Å²) in [5.74, 6) is -2.02. The summed E-state index contributed by atoms with van der Waals surface area (Å²) in [6.45, 7) is 1.86. The fraction of sp³-hybridized carbons (Fsp3) is 0.0500. The van der Waals surface area contributed by atoms with Crippen molar-refractivity contribution in [2.75, 3.05) is 5.32 Å². The normalized spacial score (nSPS) is 10.6. The van der Waals surface area contributed by atoms with Gasteiger partial charge in [-0.05, 0) is 42.8 Å². The van der Waals surface area contributed by atoms with Crippen LogP contribution in [0.15, 0.2) is 60.7 Å². The second-order valence-electron chi connectivity index (χ2n) is 5.59. The molecule has 25 heavy (non-hydrogen) atoms. The minimum Gasteiger partial charge on any atom is -0.355 e. The molecule has 1 N–H and O–H groups in total. The first-order valence-corrected chi connectivity index (χ1v) is 7.95. The van der Waals surface area contributed by atoms with Crippen molar-refractivity contribution >= 4 is 28.8 Å². The first-order valence-electron chi connectivity index (χ1n) is 7.57.